The second kappa shape index (κ2) is 7.32. The molecule has 0 radical (unpaired) electrons. The number of benzene rings is 1. The van der Waals surface area contributed by atoms with Crippen LogP contribution in [0.1, 0.15) is 31.2 Å². The van der Waals surface area contributed by atoms with Gasteiger partial charge in [-0.1, -0.05) is 31.0 Å². The molecule has 0 saturated carbocycles. The number of amides is 1. The van der Waals surface area contributed by atoms with Gasteiger partial charge < -0.3 is 9.80 Å². The van der Waals surface area contributed by atoms with Crippen molar-refractivity contribution in [3.05, 3.63) is 29.8 Å². The number of fused-ring (bicyclic) bond motifs is 1. The molecule has 3 rings (SSSR count). The second-order valence-corrected chi connectivity index (χ2v) is 6.91. The number of likely N-dealkylation sites (tertiary alicyclic amines) is 1. The summed E-state index contributed by atoms with van der Waals surface area (Å²) in [6.45, 7) is 4.22. The molecule has 1 amide bonds. The summed E-state index contributed by atoms with van der Waals surface area (Å²) in [5.41, 5.74) is 2.42. The van der Waals surface area contributed by atoms with Gasteiger partial charge in [-0.2, -0.15) is 0 Å². The van der Waals surface area contributed by atoms with E-state index in [9.17, 15) is 4.79 Å². The minimum Gasteiger partial charge on any atom is -0.310 e. The van der Waals surface area contributed by atoms with Crippen LogP contribution < -0.4 is 4.90 Å². The fourth-order valence-corrected chi connectivity index (χ4v) is 4.10. The van der Waals surface area contributed by atoms with Crippen LogP contribution >= 0.6 is 11.8 Å². The molecule has 2 aliphatic rings. The molecule has 0 bridgehead atoms. The average Bonchev–Trinajstić information content (AvgIpc) is 2.84. The molecule has 114 valence electrons. The molecule has 0 atom stereocenters. The summed E-state index contributed by atoms with van der Waals surface area (Å²) in [5.74, 6) is 1.82. The molecule has 3 nitrogen and oxygen atoms in total. The van der Waals surface area contributed by atoms with Crippen LogP contribution in [0.3, 0.4) is 0 Å². The van der Waals surface area contributed by atoms with Crippen LogP contribution in [0.5, 0.6) is 0 Å². The zero-order valence-corrected chi connectivity index (χ0v) is 13.4. The smallest absolute Gasteiger partial charge is 0.237 e. The molecule has 21 heavy (non-hydrogen) atoms. The van der Waals surface area contributed by atoms with E-state index in [1.807, 2.05) is 11.0 Å². The Bertz CT molecular complexity index is 483. The molecule has 0 unspecified atom stereocenters. The molecule has 1 aromatic carbocycles. The fraction of sp³-hybridized carbons (Fsp3) is 0.588. The Morgan fingerprint density at radius 3 is 2.52 bits per heavy atom. The normalized spacial score (nSPS) is 20.8. The van der Waals surface area contributed by atoms with Crippen LogP contribution in [-0.2, 0) is 10.5 Å². The van der Waals surface area contributed by atoms with Gasteiger partial charge in [-0.05, 0) is 37.6 Å². The summed E-state index contributed by atoms with van der Waals surface area (Å²) in [6.07, 6.45) is 5.33. The van der Waals surface area contributed by atoms with Crippen LogP contribution in [0.25, 0.3) is 0 Å². The highest BCUT2D eigenvalue weighted by molar-refractivity contribution is 7.99. The van der Waals surface area contributed by atoms with Crippen molar-refractivity contribution in [3.8, 4) is 0 Å². The predicted molar refractivity (Wildman–Crippen MR) is 89.9 cm³/mol. The first-order valence-corrected chi connectivity index (χ1v) is 9.18. The van der Waals surface area contributed by atoms with Crippen molar-refractivity contribution < 1.29 is 4.79 Å². The SMILES string of the molecule is O=C1CSCc2ccccc2N1CCN1CCCCCC1. The third-order valence-corrected chi connectivity index (χ3v) is 5.37. The predicted octanol–water partition coefficient (Wildman–Crippen LogP) is 3.14. The van der Waals surface area contributed by atoms with Gasteiger partial charge in [0.15, 0.2) is 0 Å². The minimum absolute atomic E-state index is 0.264. The molecular formula is C17H24N2OS. The Morgan fingerprint density at radius 1 is 0.952 bits per heavy atom. The number of para-hydroxylation sites is 1. The van der Waals surface area contributed by atoms with Gasteiger partial charge in [-0.15, -0.1) is 11.8 Å². The molecule has 0 spiro atoms. The number of hydrogen-bond donors (Lipinski definition) is 0. The maximum atomic E-state index is 12.4. The number of carbonyl (C=O) groups excluding carboxylic acids is 1. The summed E-state index contributed by atoms with van der Waals surface area (Å²) >= 11 is 1.73. The summed E-state index contributed by atoms with van der Waals surface area (Å²) in [4.78, 5) is 16.9. The average molecular weight is 304 g/mol. The highest BCUT2D eigenvalue weighted by Gasteiger charge is 2.22. The molecule has 2 heterocycles. The van der Waals surface area contributed by atoms with Crippen molar-refractivity contribution in [3.63, 3.8) is 0 Å². The van der Waals surface area contributed by atoms with Crippen molar-refractivity contribution in [1.82, 2.24) is 4.90 Å². The zero-order valence-electron chi connectivity index (χ0n) is 12.6. The van der Waals surface area contributed by atoms with Crippen molar-refractivity contribution in [2.45, 2.75) is 31.4 Å². The van der Waals surface area contributed by atoms with Gasteiger partial charge in [0.2, 0.25) is 5.91 Å². The first-order chi connectivity index (χ1) is 10.3. The maximum absolute atomic E-state index is 12.4. The highest BCUT2D eigenvalue weighted by Crippen LogP contribution is 2.29. The minimum atomic E-state index is 0.264. The molecular weight excluding hydrogens is 280 g/mol. The molecule has 1 saturated heterocycles. The first-order valence-electron chi connectivity index (χ1n) is 8.03. The summed E-state index contributed by atoms with van der Waals surface area (Å²) in [5, 5.41) is 0. The van der Waals surface area contributed by atoms with E-state index in [4.69, 9.17) is 0 Å². The number of nitrogens with zero attached hydrogens (tertiary/aromatic N) is 2. The maximum Gasteiger partial charge on any atom is 0.237 e. The molecule has 0 N–H and O–H groups in total. The number of rotatable bonds is 3. The largest absolute Gasteiger partial charge is 0.310 e. The van der Waals surface area contributed by atoms with Crippen molar-refractivity contribution in [1.29, 1.82) is 0 Å². The van der Waals surface area contributed by atoms with Gasteiger partial charge >= 0.3 is 0 Å². The van der Waals surface area contributed by atoms with Crippen LogP contribution in [0.2, 0.25) is 0 Å². The Kier molecular flexibility index (Phi) is 5.20. The lowest BCUT2D eigenvalue weighted by molar-refractivity contribution is -0.116. The quantitative estimate of drug-likeness (QED) is 0.857. The number of anilines is 1. The third-order valence-electron chi connectivity index (χ3n) is 4.41. The van der Waals surface area contributed by atoms with Crippen LogP contribution in [0.15, 0.2) is 24.3 Å². The Morgan fingerprint density at radius 2 is 1.71 bits per heavy atom. The molecule has 0 aromatic heterocycles. The van der Waals surface area contributed by atoms with E-state index in [0.717, 1.165) is 24.5 Å². The molecule has 2 aliphatic heterocycles. The van der Waals surface area contributed by atoms with Gasteiger partial charge in [-0.25, -0.2) is 0 Å². The van der Waals surface area contributed by atoms with E-state index >= 15 is 0 Å². The van der Waals surface area contributed by atoms with Crippen LogP contribution in [0.4, 0.5) is 5.69 Å². The molecule has 4 heteroatoms. The van der Waals surface area contributed by atoms with Crippen molar-refractivity contribution >= 4 is 23.4 Å². The first kappa shape index (κ1) is 14.9. The third kappa shape index (κ3) is 3.80. The van der Waals surface area contributed by atoms with Crippen molar-refractivity contribution in [2.24, 2.45) is 0 Å². The lowest BCUT2D eigenvalue weighted by Gasteiger charge is -2.27. The van der Waals surface area contributed by atoms with E-state index < -0.39 is 0 Å². The van der Waals surface area contributed by atoms with E-state index in [1.165, 1.54) is 44.3 Å². The summed E-state index contributed by atoms with van der Waals surface area (Å²) < 4.78 is 0. The van der Waals surface area contributed by atoms with Gasteiger partial charge in [-0.3, -0.25) is 4.79 Å². The van der Waals surface area contributed by atoms with E-state index in [1.54, 1.807) is 11.8 Å². The molecule has 0 aliphatic carbocycles. The Labute approximate surface area is 131 Å². The summed E-state index contributed by atoms with van der Waals surface area (Å²) in [7, 11) is 0. The summed E-state index contributed by atoms with van der Waals surface area (Å²) in [6, 6.07) is 8.37. The Hall–Kier alpha value is -1.00. The number of hydrogen-bond acceptors (Lipinski definition) is 3. The highest BCUT2D eigenvalue weighted by atomic mass is 32.2. The van der Waals surface area contributed by atoms with Gasteiger partial charge in [0.05, 0.1) is 5.75 Å². The lowest BCUT2D eigenvalue weighted by atomic mass is 10.1. The van der Waals surface area contributed by atoms with Crippen molar-refractivity contribution in [2.75, 3.05) is 36.8 Å². The van der Waals surface area contributed by atoms with Crippen LogP contribution in [-0.4, -0.2) is 42.7 Å². The van der Waals surface area contributed by atoms with Gasteiger partial charge in [0, 0.05) is 24.5 Å². The van der Waals surface area contributed by atoms with E-state index in [2.05, 4.69) is 23.1 Å². The topological polar surface area (TPSA) is 23.6 Å². The molecule has 1 fully saturated rings. The molecule has 1 aromatic rings. The fourth-order valence-electron chi connectivity index (χ4n) is 3.20. The van der Waals surface area contributed by atoms with Crippen LogP contribution in [0, 0.1) is 0 Å². The second-order valence-electron chi connectivity index (χ2n) is 5.92. The lowest BCUT2D eigenvalue weighted by Crippen LogP contribution is -2.39. The number of carbonyl (C=O) groups is 1. The van der Waals surface area contributed by atoms with E-state index in [-0.39, 0.29) is 5.91 Å². The standard InChI is InChI=1S/C17H24N2OS/c20-17-14-21-13-15-7-3-4-8-16(15)19(17)12-11-18-9-5-1-2-6-10-18/h3-4,7-8H,1-2,5-6,9-14H2. The monoisotopic (exact) mass is 304 g/mol. The van der Waals surface area contributed by atoms with Gasteiger partial charge in [0.25, 0.3) is 0 Å². The van der Waals surface area contributed by atoms with Gasteiger partial charge in [0.1, 0.15) is 0 Å². The van der Waals surface area contributed by atoms with E-state index in [0.29, 0.717) is 5.75 Å². The number of thioether (sulfide) groups is 1. The zero-order chi connectivity index (χ0) is 14.5. The Balaban J connectivity index is 1.69.